The molecular formula is C26H34N8O3. The van der Waals surface area contributed by atoms with Gasteiger partial charge in [0.1, 0.15) is 11.6 Å². The second-order valence-electron chi connectivity index (χ2n) is 9.52. The molecule has 1 unspecified atom stereocenters. The first-order valence-corrected chi connectivity index (χ1v) is 12.6. The van der Waals surface area contributed by atoms with E-state index in [0.29, 0.717) is 38.0 Å². The van der Waals surface area contributed by atoms with Crippen LogP contribution >= 0.6 is 0 Å². The molecule has 4 aromatic rings. The highest BCUT2D eigenvalue weighted by Gasteiger charge is 2.24. The number of nitrogens with zero attached hydrogens (tertiary/aromatic N) is 7. The van der Waals surface area contributed by atoms with Crippen molar-refractivity contribution < 1.29 is 14.6 Å². The van der Waals surface area contributed by atoms with Crippen molar-refractivity contribution in [2.45, 2.75) is 46.9 Å². The third-order valence-corrected chi connectivity index (χ3v) is 6.55. The van der Waals surface area contributed by atoms with Gasteiger partial charge in [0.05, 0.1) is 59.4 Å². The van der Waals surface area contributed by atoms with Crippen molar-refractivity contribution >= 4 is 23.1 Å². The highest BCUT2D eigenvalue weighted by molar-refractivity contribution is 5.93. The van der Waals surface area contributed by atoms with Gasteiger partial charge in [0, 0.05) is 25.5 Å². The van der Waals surface area contributed by atoms with Gasteiger partial charge in [-0.05, 0) is 53.0 Å². The fourth-order valence-electron chi connectivity index (χ4n) is 5.01. The van der Waals surface area contributed by atoms with Gasteiger partial charge in [-0.3, -0.25) is 19.7 Å². The first-order chi connectivity index (χ1) is 17.8. The Kier molecular flexibility index (Phi) is 6.74. The average molecular weight is 507 g/mol. The predicted octanol–water partition coefficient (Wildman–Crippen LogP) is 2.95. The average Bonchev–Trinajstić information content (AvgIpc) is 3.47. The van der Waals surface area contributed by atoms with E-state index in [2.05, 4.69) is 25.3 Å². The van der Waals surface area contributed by atoms with E-state index in [1.54, 1.807) is 4.68 Å². The Morgan fingerprint density at radius 2 is 2.00 bits per heavy atom. The fourth-order valence-corrected chi connectivity index (χ4v) is 5.01. The van der Waals surface area contributed by atoms with Gasteiger partial charge in [0.25, 0.3) is 0 Å². The highest BCUT2D eigenvalue weighted by Crippen LogP contribution is 2.36. The molecule has 2 N–H and O–H groups in total. The first kappa shape index (κ1) is 25.0. The summed E-state index contributed by atoms with van der Waals surface area (Å²) in [5.41, 5.74) is 6.85. The molecular weight excluding hydrogens is 472 g/mol. The van der Waals surface area contributed by atoms with Gasteiger partial charge in [0.15, 0.2) is 0 Å². The molecule has 37 heavy (non-hydrogen) atoms. The maximum absolute atomic E-state index is 9.69. The van der Waals surface area contributed by atoms with Gasteiger partial charge in [-0.15, -0.1) is 5.10 Å². The summed E-state index contributed by atoms with van der Waals surface area (Å²) in [6.07, 6.45) is 3.89. The summed E-state index contributed by atoms with van der Waals surface area (Å²) in [6.45, 7) is 10.0. The number of pyridine rings is 1. The minimum Gasteiger partial charge on any atom is -0.476 e. The lowest BCUT2D eigenvalue weighted by Gasteiger charge is -2.23. The van der Waals surface area contributed by atoms with Crippen molar-refractivity contribution in [3.63, 3.8) is 0 Å². The molecule has 4 aromatic heterocycles. The number of aliphatic hydroxyl groups excluding tert-OH is 1. The Morgan fingerprint density at radius 3 is 2.76 bits per heavy atom. The van der Waals surface area contributed by atoms with Crippen LogP contribution in [0.15, 0.2) is 6.07 Å². The smallest absolute Gasteiger partial charge is 0.240 e. The maximum Gasteiger partial charge on any atom is 0.240 e. The van der Waals surface area contributed by atoms with Crippen molar-refractivity contribution in [2.24, 2.45) is 7.05 Å². The number of H-pyrrole nitrogens is 1. The van der Waals surface area contributed by atoms with Crippen molar-refractivity contribution in [2.75, 3.05) is 26.8 Å². The van der Waals surface area contributed by atoms with Crippen LogP contribution < -0.4 is 9.47 Å². The van der Waals surface area contributed by atoms with E-state index in [-0.39, 0.29) is 12.7 Å². The number of aryl methyl sites for hydroxylation is 3. The van der Waals surface area contributed by atoms with E-state index in [0.717, 1.165) is 50.5 Å². The molecule has 1 aliphatic rings. The van der Waals surface area contributed by atoms with Crippen LogP contribution in [0.4, 0.5) is 0 Å². The number of fused-ring (bicyclic) bond motifs is 4. The molecule has 196 valence electrons. The van der Waals surface area contributed by atoms with Crippen molar-refractivity contribution in [3.8, 4) is 23.0 Å². The molecule has 0 fully saturated rings. The largest absolute Gasteiger partial charge is 0.476 e. The van der Waals surface area contributed by atoms with Gasteiger partial charge < -0.3 is 14.6 Å². The summed E-state index contributed by atoms with van der Waals surface area (Å²) in [5, 5.41) is 27.7. The third kappa shape index (κ3) is 4.60. The van der Waals surface area contributed by atoms with Crippen LogP contribution in [0.2, 0.25) is 0 Å². The summed E-state index contributed by atoms with van der Waals surface area (Å²) in [7, 11) is 3.94. The Bertz CT molecular complexity index is 1460. The minimum atomic E-state index is -0.127. The van der Waals surface area contributed by atoms with E-state index >= 15 is 0 Å². The van der Waals surface area contributed by atoms with E-state index < -0.39 is 0 Å². The second kappa shape index (κ2) is 9.98. The number of rotatable bonds is 4. The first-order valence-electron chi connectivity index (χ1n) is 12.6. The lowest BCUT2D eigenvalue weighted by Crippen LogP contribution is -2.32. The molecule has 0 saturated carbocycles. The van der Waals surface area contributed by atoms with Crippen LogP contribution in [0.5, 0.6) is 11.8 Å². The van der Waals surface area contributed by atoms with Crippen LogP contribution in [-0.4, -0.2) is 77.7 Å². The second-order valence-corrected chi connectivity index (χ2v) is 9.52. The molecule has 2 bridgehead atoms. The molecule has 5 heterocycles. The van der Waals surface area contributed by atoms with E-state index in [1.165, 1.54) is 0 Å². The Hall–Kier alpha value is -3.70. The topological polar surface area (TPSA) is 119 Å². The lowest BCUT2D eigenvalue weighted by molar-refractivity contribution is 0.146. The molecule has 0 radical (unpaired) electrons. The summed E-state index contributed by atoms with van der Waals surface area (Å²) in [5.74, 6) is 1.23. The summed E-state index contributed by atoms with van der Waals surface area (Å²) >= 11 is 0. The quantitative estimate of drug-likeness (QED) is 0.434. The standard InChI is InChI=1S/C26H34N8O3/c1-7-36-25-18-8-9-20-19-12-21(27-17(4)24(19)29-28-20)23-16(3)30-33(6)26(23)37-15(2)13-32(5)14-22(18)34(31-25)10-11-35/h8-9,12,15,35H,7,10-11,13-14H2,1-6H3,(H,28,29)/b9-8+. The van der Waals surface area contributed by atoms with Gasteiger partial charge in [-0.1, -0.05) is 0 Å². The van der Waals surface area contributed by atoms with Gasteiger partial charge in [-0.2, -0.15) is 10.2 Å². The molecule has 5 rings (SSSR count). The van der Waals surface area contributed by atoms with E-state index in [4.69, 9.17) is 14.5 Å². The number of hydrogen-bond donors (Lipinski definition) is 2. The summed E-state index contributed by atoms with van der Waals surface area (Å²) in [4.78, 5) is 7.05. The molecule has 0 saturated heterocycles. The number of aromatic amines is 1. The molecule has 11 heteroatoms. The lowest BCUT2D eigenvalue weighted by atomic mass is 10.1. The number of ether oxygens (including phenoxy) is 2. The zero-order valence-corrected chi connectivity index (χ0v) is 22.2. The monoisotopic (exact) mass is 506 g/mol. The van der Waals surface area contributed by atoms with Crippen LogP contribution in [-0.2, 0) is 20.1 Å². The Balaban J connectivity index is 1.73. The molecule has 0 aliphatic carbocycles. The minimum absolute atomic E-state index is 0.0184. The number of likely N-dealkylation sites (N-methyl/N-ethyl adjacent to an activating group) is 1. The Morgan fingerprint density at radius 1 is 1.19 bits per heavy atom. The van der Waals surface area contributed by atoms with Gasteiger partial charge in [0.2, 0.25) is 11.8 Å². The molecule has 1 atom stereocenters. The fraction of sp³-hybridized carbons (Fsp3) is 0.462. The summed E-state index contributed by atoms with van der Waals surface area (Å²) < 4.78 is 16.0. The Labute approximate surface area is 215 Å². The van der Waals surface area contributed by atoms with Crippen LogP contribution in [0.3, 0.4) is 0 Å². The van der Waals surface area contributed by atoms with Crippen molar-refractivity contribution in [3.05, 3.63) is 34.4 Å². The number of hydrogen-bond acceptors (Lipinski definition) is 8. The molecule has 0 spiro atoms. The zero-order valence-electron chi connectivity index (χ0n) is 22.2. The molecule has 1 aliphatic heterocycles. The van der Waals surface area contributed by atoms with E-state index in [1.807, 2.05) is 64.7 Å². The zero-order chi connectivity index (χ0) is 26.3. The number of nitrogens with one attached hydrogen (secondary N) is 1. The van der Waals surface area contributed by atoms with Crippen molar-refractivity contribution in [1.82, 2.24) is 39.6 Å². The maximum atomic E-state index is 9.69. The van der Waals surface area contributed by atoms with Crippen LogP contribution in [0.25, 0.3) is 34.3 Å². The van der Waals surface area contributed by atoms with E-state index in [9.17, 15) is 5.11 Å². The highest BCUT2D eigenvalue weighted by atomic mass is 16.5. The van der Waals surface area contributed by atoms with Crippen LogP contribution in [0, 0.1) is 13.8 Å². The van der Waals surface area contributed by atoms with Crippen molar-refractivity contribution in [1.29, 1.82) is 0 Å². The molecule has 0 aromatic carbocycles. The third-order valence-electron chi connectivity index (χ3n) is 6.55. The normalized spacial score (nSPS) is 17.2. The number of aliphatic hydroxyl groups is 1. The van der Waals surface area contributed by atoms with Gasteiger partial charge >= 0.3 is 0 Å². The predicted molar refractivity (Wildman–Crippen MR) is 141 cm³/mol. The van der Waals surface area contributed by atoms with Crippen LogP contribution in [0.1, 0.15) is 42.2 Å². The summed E-state index contributed by atoms with van der Waals surface area (Å²) in [6, 6.07) is 2.04. The molecule has 0 amide bonds. The van der Waals surface area contributed by atoms with Gasteiger partial charge in [-0.25, -0.2) is 4.68 Å². The molecule has 11 nitrogen and oxygen atoms in total. The SMILES string of the molecule is CCOc1nn(CCO)c2c1/C=C/c1[nH]nc3c(C)nc(cc13)-c1c(C)nn(C)c1OC(C)CN(C)C2. The number of aromatic nitrogens is 7.